The van der Waals surface area contributed by atoms with E-state index in [1.807, 2.05) is 0 Å². The first kappa shape index (κ1) is 12.5. The van der Waals surface area contributed by atoms with Crippen LogP contribution in [-0.2, 0) is 7.05 Å². The number of thiophene rings is 1. The van der Waals surface area contributed by atoms with Gasteiger partial charge in [-0.05, 0) is 24.3 Å². The zero-order valence-electron chi connectivity index (χ0n) is 12.9. The fourth-order valence-electron chi connectivity index (χ4n) is 3.62. The molecule has 0 spiro atoms. The largest absolute Gasteiger partial charge is 0.313 e. The summed E-state index contributed by atoms with van der Waals surface area (Å²) in [6, 6.07) is 19.1. The number of pyridine rings is 1. The number of aromatic nitrogens is 4. The van der Waals surface area contributed by atoms with E-state index >= 15 is 0 Å². The molecule has 4 aromatic heterocycles. The molecular formula is C19H12N4S. The first-order valence-electron chi connectivity index (χ1n) is 7.85. The lowest BCUT2D eigenvalue weighted by Gasteiger charge is -1.95. The summed E-state index contributed by atoms with van der Waals surface area (Å²) in [5.74, 6) is 0.931. The molecule has 6 rings (SSSR count). The highest BCUT2D eigenvalue weighted by Crippen LogP contribution is 2.35. The molecule has 2 aromatic carbocycles. The van der Waals surface area contributed by atoms with E-state index in [4.69, 9.17) is 9.97 Å². The first-order chi connectivity index (χ1) is 11.8. The minimum absolute atomic E-state index is 0.808. The van der Waals surface area contributed by atoms with Crippen molar-refractivity contribution in [2.75, 3.05) is 0 Å². The molecule has 4 nitrogen and oxygen atoms in total. The van der Waals surface area contributed by atoms with Crippen LogP contribution in [0.3, 0.4) is 0 Å². The van der Waals surface area contributed by atoms with Gasteiger partial charge in [-0.1, -0.05) is 30.3 Å². The van der Waals surface area contributed by atoms with Gasteiger partial charge in [0, 0.05) is 17.1 Å². The number of para-hydroxylation sites is 2. The highest BCUT2D eigenvalue weighted by atomic mass is 32.1. The van der Waals surface area contributed by atoms with Crippen molar-refractivity contribution >= 4 is 59.6 Å². The Balaban J connectivity index is 1.88. The van der Waals surface area contributed by atoms with Crippen LogP contribution in [-0.4, -0.2) is 18.9 Å². The normalized spacial score (nSPS) is 12.4. The Morgan fingerprint density at radius 2 is 1.62 bits per heavy atom. The lowest BCUT2D eigenvalue weighted by Crippen LogP contribution is -1.87. The third-order valence-corrected chi connectivity index (χ3v) is 5.85. The van der Waals surface area contributed by atoms with Gasteiger partial charge in [-0.15, -0.1) is 11.3 Å². The van der Waals surface area contributed by atoms with E-state index in [-0.39, 0.29) is 0 Å². The van der Waals surface area contributed by atoms with E-state index in [0.717, 1.165) is 22.5 Å². The van der Waals surface area contributed by atoms with Crippen LogP contribution in [0.5, 0.6) is 0 Å². The topological polar surface area (TPSA) is 35.1 Å². The van der Waals surface area contributed by atoms with Crippen LogP contribution < -0.4 is 0 Å². The van der Waals surface area contributed by atoms with Crippen LogP contribution >= 0.6 is 11.3 Å². The van der Waals surface area contributed by atoms with Gasteiger partial charge in [-0.25, -0.2) is 4.98 Å². The summed E-state index contributed by atoms with van der Waals surface area (Å²) in [6.45, 7) is 0. The average molecular weight is 328 g/mol. The highest BCUT2D eigenvalue weighted by Gasteiger charge is 2.16. The van der Waals surface area contributed by atoms with Crippen molar-refractivity contribution in [3.05, 3.63) is 54.6 Å². The van der Waals surface area contributed by atoms with Crippen LogP contribution in [0, 0.1) is 0 Å². The Bertz CT molecular complexity index is 1420. The van der Waals surface area contributed by atoms with Crippen molar-refractivity contribution < 1.29 is 0 Å². The second-order valence-corrected chi connectivity index (χ2v) is 7.15. The Hall–Kier alpha value is -2.92. The van der Waals surface area contributed by atoms with E-state index in [1.54, 1.807) is 11.3 Å². The molecular weight excluding hydrogens is 316 g/mol. The number of hydrogen-bond donors (Lipinski definition) is 0. The van der Waals surface area contributed by atoms with Gasteiger partial charge < -0.3 is 4.57 Å². The van der Waals surface area contributed by atoms with Gasteiger partial charge in [0.05, 0.1) is 26.8 Å². The molecule has 114 valence electrons. The summed E-state index contributed by atoms with van der Waals surface area (Å²) in [5.41, 5.74) is 5.28. The van der Waals surface area contributed by atoms with Gasteiger partial charge in [-0.3, -0.25) is 4.40 Å². The van der Waals surface area contributed by atoms with E-state index in [2.05, 4.69) is 70.6 Å². The maximum atomic E-state index is 4.89. The number of hydrogen-bond acceptors (Lipinski definition) is 3. The first-order valence-corrected chi connectivity index (χ1v) is 8.67. The van der Waals surface area contributed by atoms with E-state index in [0.29, 0.717) is 0 Å². The molecule has 6 aromatic rings. The summed E-state index contributed by atoms with van der Waals surface area (Å²) < 4.78 is 6.82. The molecule has 4 heterocycles. The predicted molar refractivity (Wildman–Crippen MR) is 99.9 cm³/mol. The SMILES string of the molecule is Cn1c2ccccc2n2c3cc4sc5ccccc5c4nc3nc12. The number of aryl methyl sites for hydroxylation is 1. The minimum atomic E-state index is 0.808. The Labute approximate surface area is 140 Å². The lowest BCUT2D eigenvalue weighted by atomic mass is 10.2. The van der Waals surface area contributed by atoms with E-state index < -0.39 is 0 Å². The summed E-state index contributed by atoms with van der Waals surface area (Å²) in [7, 11) is 2.06. The van der Waals surface area contributed by atoms with Gasteiger partial charge in [-0.2, -0.15) is 4.98 Å². The van der Waals surface area contributed by atoms with Gasteiger partial charge in [0.1, 0.15) is 0 Å². The van der Waals surface area contributed by atoms with Crippen LogP contribution in [0.25, 0.3) is 48.3 Å². The van der Waals surface area contributed by atoms with Gasteiger partial charge in [0.15, 0.2) is 5.65 Å². The summed E-state index contributed by atoms with van der Waals surface area (Å²) in [4.78, 5) is 9.70. The number of imidazole rings is 2. The predicted octanol–water partition coefficient (Wildman–Crippen LogP) is 4.74. The summed E-state index contributed by atoms with van der Waals surface area (Å²) in [5, 5.41) is 1.21. The number of fused-ring (bicyclic) bond motifs is 8. The maximum Gasteiger partial charge on any atom is 0.217 e. The summed E-state index contributed by atoms with van der Waals surface area (Å²) in [6.07, 6.45) is 0. The maximum absolute atomic E-state index is 4.89. The van der Waals surface area contributed by atoms with Crippen LogP contribution in [0.1, 0.15) is 0 Å². The van der Waals surface area contributed by atoms with Gasteiger partial charge >= 0.3 is 0 Å². The monoisotopic (exact) mass is 328 g/mol. The average Bonchev–Trinajstić information content (AvgIpc) is 3.24. The number of nitrogens with zero attached hydrogens (tertiary/aromatic N) is 4. The minimum Gasteiger partial charge on any atom is -0.313 e. The molecule has 24 heavy (non-hydrogen) atoms. The molecule has 0 saturated carbocycles. The van der Waals surface area contributed by atoms with Gasteiger partial charge in [0.25, 0.3) is 0 Å². The molecule has 0 unspecified atom stereocenters. The highest BCUT2D eigenvalue weighted by molar-refractivity contribution is 7.25. The molecule has 0 bridgehead atoms. The quantitative estimate of drug-likeness (QED) is 0.403. The van der Waals surface area contributed by atoms with Crippen molar-refractivity contribution in [2.45, 2.75) is 0 Å². The third-order valence-electron chi connectivity index (χ3n) is 4.74. The van der Waals surface area contributed by atoms with Crippen molar-refractivity contribution in [3.63, 3.8) is 0 Å². The second kappa shape index (κ2) is 4.13. The van der Waals surface area contributed by atoms with Crippen LogP contribution in [0.2, 0.25) is 0 Å². The molecule has 0 amide bonds. The fourth-order valence-corrected chi connectivity index (χ4v) is 4.70. The molecule has 0 atom stereocenters. The van der Waals surface area contributed by atoms with E-state index in [1.165, 1.54) is 25.8 Å². The van der Waals surface area contributed by atoms with E-state index in [9.17, 15) is 0 Å². The fraction of sp³-hybridized carbons (Fsp3) is 0.0526. The molecule has 0 fully saturated rings. The third kappa shape index (κ3) is 1.39. The zero-order chi connectivity index (χ0) is 15.8. The Kier molecular flexibility index (Phi) is 2.15. The lowest BCUT2D eigenvalue weighted by molar-refractivity contribution is 0.973. The van der Waals surface area contributed by atoms with Crippen LogP contribution in [0.15, 0.2) is 54.6 Å². The molecule has 0 radical (unpaired) electrons. The number of rotatable bonds is 0. The Morgan fingerprint density at radius 3 is 2.54 bits per heavy atom. The second-order valence-electron chi connectivity index (χ2n) is 6.07. The van der Waals surface area contributed by atoms with Crippen molar-refractivity contribution in [1.82, 2.24) is 18.9 Å². The molecule has 5 heteroatoms. The van der Waals surface area contributed by atoms with Crippen molar-refractivity contribution in [1.29, 1.82) is 0 Å². The molecule has 0 aliphatic rings. The number of benzene rings is 2. The molecule has 0 N–H and O–H groups in total. The summed E-state index contributed by atoms with van der Waals surface area (Å²) >= 11 is 1.79. The van der Waals surface area contributed by atoms with Crippen molar-refractivity contribution in [3.8, 4) is 0 Å². The van der Waals surface area contributed by atoms with Crippen molar-refractivity contribution in [2.24, 2.45) is 7.05 Å². The molecule has 0 aliphatic heterocycles. The van der Waals surface area contributed by atoms with Crippen LogP contribution in [0.4, 0.5) is 0 Å². The standard InChI is InChI=1S/C19H12N4S/c1-22-12-7-3-4-8-13(12)23-14-10-16-17(20-18(14)21-19(22)23)11-6-2-5-9-15(11)24-16/h2-10H,1H3. The smallest absolute Gasteiger partial charge is 0.217 e. The molecule has 0 aliphatic carbocycles. The zero-order valence-corrected chi connectivity index (χ0v) is 13.7. The molecule has 0 saturated heterocycles. The Morgan fingerprint density at radius 1 is 0.833 bits per heavy atom. The van der Waals surface area contributed by atoms with Gasteiger partial charge in [0.2, 0.25) is 5.78 Å².